The number of ether oxygens (including phenoxy) is 1. The predicted octanol–water partition coefficient (Wildman–Crippen LogP) is 0.134. The third-order valence-corrected chi connectivity index (χ3v) is 1.93. The predicted molar refractivity (Wildman–Crippen MR) is 69.9 cm³/mol. The molecule has 0 aromatic heterocycles. The van der Waals surface area contributed by atoms with Crippen molar-refractivity contribution in [1.29, 1.82) is 0 Å². The summed E-state index contributed by atoms with van der Waals surface area (Å²) in [5, 5.41) is 9.01. The third-order valence-electron chi connectivity index (χ3n) is 1.93. The average molecular weight is 262 g/mol. The van der Waals surface area contributed by atoms with Gasteiger partial charge in [0.2, 0.25) is 5.91 Å². The van der Waals surface area contributed by atoms with Gasteiger partial charge in [0.25, 0.3) is 6.47 Å². The maximum atomic E-state index is 10.8. The Hall–Kier alpha value is -1.14. The first-order chi connectivity index (χ1) is 8.56. The van der Waals surface area contributed by atoms with Gasteiger partial charge in [-0.15, -0.1) is 0 Å². The van der Waals surface area contributed by atoms with Crippen molar-refractivity contribution in [3.63, 3.8) is 0 Å². The number of aliphatic hydroxyl groups is 1. The molecule has 1 aliphatic heterocycles. The number of rotatable bonds is 3. The van der Waals surface area contributed by atoms with E-state index < -0.39 is 0 Å². The van der Waals surface area contributed by atoms with Crippen molar-refractivity contribution in [1.82, 2.24) is 4.90 Å². The summed E-state index contributed by atoms with van der Waals surface area (Å²) in [5.74, 6) is -0.0726. The minimum Gasteiger partial charge on any atom is -0.468 e. The number of β-amino-alcohol motifs (C(OH)–C–C–N with tert-alkyl or cyclic N) is 1. The highest BCUT2D eigenvalue weighted by molar-refractivity contribution is 5.78. The summed E-state index contributed by atoms with van der Waals surface area (Å²) in [6.45, 7) is 8.07. The van der Waals surface area contributed by atoms with Gasteiger partial charge in [-0.1, -0.05) is 20.3 Å². The fourth-order valence-electron chi connectivity index (χ4n) is 1.17. The van der Waals surface area contributed by atoms with Gasteiger partial charge in [-0.05, 0) is 13.3 Å². The lowest BCUT2D eigenvalue weighted by Crippen LogP contribution is -2.34. The van der Waals surface area contributed by atoms with Crippen LogP contribution in [0.15, 0.2) is 0 Å². The van der Waals surface area contributed by atoms with E-state index in [0.29, 0.717) is 32.6 Å². The minimum atomic E-state index is -0.338. The minimum absolute atomic E-state index is 0.0483. The van der Waals surface area contributed by atoms with Gasteiger partial charge in [0, 0.05) is 13.1 Å². The molecule has 0 saturated carbocycles. The molecule has 1 atom stereocenters. The Morgan fingerprint density at radius 2 is 2.06 bits per heavy atom. The fraction of sp³-hybridized carbons (Fsp3) is 0.833. The van der Waals surface area contributed by atoms with Crippen LogP contribution in [0.3, 0.4) is 0 Å². The number of carbonyl (C=O) groups excluding carboxylic acids is 2. The monoisotopic (exact) mass is 262 g/mol. The van der Waals surface area contributed by atoms with Crippen molar-refractivity contribution >= 4 is 12.4 Å². The van der Waals surface area contributed by atoms with E-state index in [9.17, 15) is 9.59 Å². The molecule has 18 heavy (non-hydrogen) atoms. The lowest BCUT2D eigenvalue weighted by molar-refractivity contribution is -0.129. The molecule has 0 aliphatic carbocycles. The average Bonchev–Trinajstić information content (AvgIpc) is 2.78. The number of nitrogens with two attached hydrogens (primary N) is 1. The van der Waals surface area contributed by atoms with Crippen LogP contribution in [0.5, 0.6) is 0 Å². The second-order valence-electron chi connectivity index (χ2n) is 3.75. The zero-order valence-electron chi connectivity index (χ0n) is 11.6. The molecule has 1 heterocycles. The van der Waals surface area contributed by atoms with E-state index in [0.717, 1.165) is 0 Å². The number of hydrogen-bond donors (Lipinski definition) is 2. The van der Waals surface area contributed by atoms with Crippen LogP contribution in [0.1, 0.15) is 33.6 Å². The molecule has 0 unspecified atom stereocenters. The van der Waals surface area contributed by atoms with Gasteiger partial charge in [-0.3, -0.25) is 9.59 Å². The summed E-state index contributed by atoms with van der Waals surface area (Å²) >= 11 is 0. The van der Waals surface area contributed by atoms with Crippen LogP contribution in [0.25, 0.3) is 0 Å². The molecule has 0 aromatic rings. The number of amides is 1. The number of carbonyl (C=O) groups is 2. The first-order valence-electron chi connectivity index (χ1n) is 6.28. The number of hydrogen-bond acceptors (Lipinski definition) is 5. The molecular weight excluding hydrogens is 236 g/mol. The largest absolute Gasteiger partial charge is 0.468 e. The van der Waals surface area contributed by atoms with Crippen molar-refractivity contribution < 1.29 is 19.4 Å². The molecule has 108 valence electrons. The first kappa shape index (κ1) is 19.2. The van der Waals surface area contributed by atoms with Crippen LogP contribution in [-0.2, 0) is 14.3 Å². The van der Waals surface area contributed by atoms with E-state index in [2.05, 4.69) is 18.6 Å². The second-order valence-corrected chi connectivity index (χ2v) is 3.75. The summed E-state index contributed by atoms with van der Waals surface area (Å²) in [4.78, 5) is 21.6. The van der Waals surface area contributed by atoms with Crippen LogP contribution in [-0.4, -0.2) is 54.7 Å². The summed E-state index contributed by atoms with van der Waals surface area (Å²) in [6, 6.07) is 0. The molecular formula is C12H26N2O4. The van der Waals surface area contributed by atoms with Crippen molar-refractivity contribution in [2.24, 2.45) is 5.73 Å². The van der Waals surface area contributed by atoms with E-state index in [1.165, 1.54) is 6.42 Å². The quantitative estimate of drug-likeness (QED) is 0.705. The topological polar surface area (TPSA) is 92.9 Å². The smallest absolute Gasteiger partial charge is 0.293 e. The van der Waals surface area contributed by atoms with Crippen LogP contribution in [0, 0.1) is 0 Å². The van der Waals surface area contributed by atoms with Gasteiger partial charge < -0.3 is 20.5 Å². The Balaban J connectivity index is 0. The first-order valence-corrected chi connectivity index (χ1v) is 6.28. The Kier molecular flexibility index (Phi) is 14.9. The lowest BCUT2D eigenvalue weighted by Gasteiger charge is -2.13. The van der Waals surface area contributed by atoms with E-state index >= 15 is 0 Å². The van der Waals surface area contributed by atoms with Crippen molar-refractivity contribution in [2.75, 3.05) is 26.2 Å². The summed E-state index contributed by atoms with van der Waals surface area (Å²) < 4.78 is 4.15. The molecule has 1 amide bonds. The molecule has 0 bridgehead atoms. The van der Waals surface area contributed by atoms with E-state index in [-0.39, 0.29) is 18.6 Å². The number of aliphatic hydroxyl groups excluding tert-OH is 1. The Labute approximate surface area is 109 Å². The van der Waals surface area contributed by atoms with Crippen LogP contribution < -0.4 is 5.73 Å². The van der Waals surface area contributed by atoms with E-state index in [1.807, 2.05) is 0 Å². The molecule has 3 N–H and O–H groups in total. The molecule has 0 aromatic carbocycles. The van der Waals surface area contributed by atoms with Gasteiger partial charge in [0.15, 0.2) is 0 Å². The van der Waals surface area contributed by atoms with Gasteiger partial charge in [0.1, 0.15) is 0 Å². The molecule has 1 aliphatic rings. The van der Waals surface area contributed by atoms with Crippen LogP contribution >= 0.6 is 0 Å². The highest BCUT2D eigenvalue weighted by Gasteiger charge is 2.22. The van der Waals surface area contributed by atoms with Gasteiger partial charge in [-0.2, -0.15) is 0 Å². The fourth-order valence-corrected chi connectivity index (χ4v) is 1.17. The maximum absolute atomic E-state index is 10.8. The SMILES string of the molecule is CCC.CCOC=O.NCC(=O)N1CC[C@@H](O)C1. The van der Waals surface area contributed by atoms with Crippen molar-refractivity contribution in [3.8, 4) is 0 Å². The molecule has 6 heteroatoms. The number of likely N-dealkylation sites (tertiary alicyclic amines) is 1. The third kappa shape index (κ3) is 11.3. The van der Waals surface area contributed by atoms with Crippen molar-refractivity contribution in [2.45, 2.75) is 39.7 Å². The standard InChI is InChI=1S/C6H12N2O2.C3H6O2.C3H8/c7-3-6(10)8-2-1-5(9)4-8;1-2-5-3-4;1-3-2/h5,9H,1-4,7H2;3H,2H2,1H3;3H2,1-2H3/t5-;;/m1../s1. The highest BCUT2D eigenvalue weighted by atomic mass is 16.5. The zero-order valence-corrected chi connectivity index (χ0v) is 11.6. The molecule has 1 rings (SSSR count). The van der Waals surface area contributed by atoms with Gasteiger partial charge in [0.05, 0.1) is 19.3 Å². The zero-order chi connectivity index (χ0) is 14.4. The molecule has 0 radical (unpaired) electrons. The summed E-state index contributed by atoms with van der Waals surface area (Å²) in [7, 11) is 0. The maximum Gasteiger partial charge on any atom is 0.293 e. The lowest BCUT2D eigenvalue weighted by atomic mass is 10.3. The van der Waals surface area contributed by atoms with Crippen molar-refractivity contribution in [3.05, 3.63) is 0 Å². The van der Waals surface area contributed by atoms with Gasteiger partial charge >= 0.3 is 0 Å². The summed E-state index contributed by atoms with van der Waals surface area (Å²) in [6.07, 6.45) is 1.60. The van der Waals surface area contributed by atoms with Crippen LogP contribution in [0.2, 0.25) is 0 Å². The Morgan fingerprint density at radius 3 is 2.28 bits per heavy atom. The van der Waals surface area contributed by atoms with E-state index in [4.69, 9.17) is 10.8 Å². The molecule has 0 spiro atoms. The highest BCUT2D eigenvalue weighted by Crippen LogP contribution is 2.07. The Morgan fingerprint density at radius 1 is 1.50 bits per heavy atom. The molecule has 1 fully saturated rings. The molecule has 1 saturated heterocycles. The summed E-state index contributed by atoms with van der Waals surface area (Å²) in [5.41, 5.74) is 5.12. The van der Waals surface area contributed by atoms with E-state index in [1.54, 1.807) is 11.8 Å². The Bertz CT molecular complexity index is 212. The normalized spacial score (nSPS) is 16.9. The van der Waals surface area contributed by atoms with Gasteiger partial charge in [-0.25, -0.2) is 0 Å². The second kappa shape index (κ2) is 13.9. The van der Waals surface area contributed by atoms with Crippen LogP contribution in [0.4, 0.5) is 0 Å². The number of nitrogens with zero attached hydrogens (tertiary/aromatic N) is 1. The molecule has 6 nitrogen and oxygen atoms in total.